The standard InChI is InChI=1S/C20H21FN2O3/c1-20(11-10-14-6-8-17(26-2)9-7-14)18(24)23(19(25)22-20)13-15-4-3-5-16(21)12-15/h3-9,12H,10-11,13H2,1-2H3,(H,22,25)/t20-/m1/s1. The molecule has 1 saturated heterocycles. The highest BCUT2D eigenvalue weighted by atomic mass is 19.1. The van der Waals surface area contributed by atoms with Crippen molar-refractivity contribution >= 4 is 11.9 Å². The zero-order valence-electron chi connectivity index (χ0n) is 14.8. The van der Waals surface area contributed by atoms with Gasteiger partial charge in [-0.1, -0.05) is 24.3 Å². The van der Waals surface area contributed by atoms with E-state index in [-0.39, 0.29) is 12.5 Å². The quantitative estimate of drug-likeness (QED) is 0.808. The summed E-state index contributed by atoms with van der Waals surface area (Å²) in [5.74, 6) is 0.0866. The van der Waals surface area contributed by atoms with Gasteiger partial charge >= 0.3 is 6.03 Å². The minimum Gasteiger partial charge on any atom is -0.497 e. The van der Waals surface area contributed by atoms with Crippen LogP contribution in [-0.2, 0) is 17.8 Å². The Kier molecular flexibility index (Phi) is 4.93. The van der Waals surface area contributed by atoms with Crippen molar-refractivity contribution in [3.63, 3.8) is 0 Å². The van der Waals surface area contributed by atoms with Gasteiger partial charge in [-0.25, -0.2) is 9.18 Å². The number of ether oxygens (including phenoxy) is 1. The molecule has 1 fully saturated rings. The second-order valence-electron chi connectivity index (χ2n) is 6.63. The van der Waals surface area contributed by atoms with Crippen LogP contribution in [0.1, 0.15) is 24.5 Å². The van der Waals surface area contributed by atoms with Crippen molar-refractivity contribution in [2.24, 2.45) is 0 Å². The van der Waals surface area contributed by atoms with Gasteiger partial charge in [0, 0.05) is 0 Å². The molecule has 2 aromatic carbocycles. The second-order valence-corrected chi connectivity index (χ2v) is 6.63. The summed E-state index contributed by atoms with van der Waals surface area (Å²) in [4.78, 5) is 26.2. The number of hydrogen-bond donors (Lipinski definition) is 1. The molecule has 1 aliphatic rings. The monoisotopic (exact) mass is 356 g/mol. The number of methoxy groups -OCH3 is 1. The molecule has 2 aromatic rings. The molecule has 1 atom stereocenters. The van der Waals surface area contributed by atoms with E-state index >= 15 is 0 Å². The Labute approximate surface area is 151 Å². The van der Waals surface area contributed by atoms with Crippen LogP contribution in [0.5, 0.6) is 5.75 Å². The summed E-state index contributed by atoms with van der Waals surface area (Å²) in [5, 5.41) is 2.78. The van der Waals surface area contributed by atoms with Crippen LogP contribution < -0.4 is 10.1 Å². The maximum absolute atomic E-state index is 13.3. The number of aryl methyl sites for hydroxylation is 1. The lowest BCUT2D eigenvalue weighted by atomic mass is 9.93. The normalized spacial score (nSPS) is 19.6. The van der Waals surface area contributed by atoms with E-state index in [1.807, 2.05) is 24.3 Å². The largest absolute Gasteiger partial charge is 0.497 e. The highest BCUT2D eigenvalue weighted by Crippen LogP contribution is 2.25. The zero-order chi connectivity index (χ0) is 18.7. The Balaban J connectivity index is 1.67. The second kappa shape index (κ2) is 7.15. The van der Waals surface area contributed by atoms with E-state index in [1.54, 1.807) is 26.2 Å². The third-order valence-corrected chi connectivity index (χ3v) is 4.65. The van der Waals surface area contributed by atoms with E-state index in [4.69, 9.17) is 4.74 Å². The molecule has 3 amide bonds. The molecule has 0 spiro atoms. The fraction of sp³-hybridized carbons (Fsp3) is 0.300. The SMILES string of the molecule is COc1ccc(CC[C@@]2(C)NC(=O)N(Cc3cccc(F)c3)C2=O)cc1. The summed E-state index contributed by atoms with van der Waals surface area (Å²) in [7, 11) is 1.61. The third kappa shape index (κ3) is 3.69. The highest BCUT2D eigenvalue weighted by Gasteiger charge is 2.47. The summed E-state index contributed by atoms with van der Waals surface area (Å²) < 4.78 is 18.5. The maximum atomic E-state index is 13.3. The summed E-state index contributed by atoms with van der Waals surface area (Å²) >= 11 is 0. The number of halogens is 1. The van der Waals surface area contributed by atoms with Gasteiger partial charge < -0.3 is 10.1 Å². The van der Waals surface area contributed by atoms with Gasteiger partial charge in [-0.05, 0) is 55.2 Å². The zero-order valence-corrected chi connectivity index (χ0v) is 14.8. The summed E-state index contributed by atoms with van der Waals surface area (Å²) in [6, 6.07) is 13.1. The number of urea groups is 1. The van der Waals surface area contributed by atoms with Crippen molar-refractivity contribution in [1.29, 1.82) is 0 Å². The molecule has 0 aromatic heterocycles. The van der Waals surface area contributed by atoms with Crippen molar-refractivity contribution in [2.45, 2.75) is 31.8 Å². The van der Waals surface area contributed by atoms with Crippen LogP contribution in [0, 0.1) is 5.82 Å². The fourth-order valence-corrected chi connectivity index (χ4v) is 3.06. The van der Waals surface area contributed by atoms with Crippen LogP contribution in [0.4, 0.5) is 9.18 Å². The molecule has 3 rings (SSSR count). The molecular weight excluding hydrogens is 335 g/mol. The Morgan fingerprint density at radius 1 is 1.12 bits per heavy atom. The summed E-state index contributed by atoms with van der Waals surface area (Å²) in [5.41, 5.74) is 0.662. The minimum absolute atomic E-state index is 0.0561. The molecule has 0 unspecified atom stereocenters. The minimum atomic E-state index is -0.968. The van der Waals surface area contributed by atoms with Crippen molar-refractivity contribution in [1.82, 2.24) is 10.2 Å². The molecule has 26 heavy (non-hydrogen) atoms. The number of benzene rings is 2. The van der Waals surface area contributed by atoms with Crippen molar-refractivity contribution < 1.29 is 18.7 Å². The van der Waals surface area contributed by atoms with Crippen LogP contribution in [-0.4, -0.2) is 29.5 Å². The van der Waals surface area contributed by atoms with Gasteiger partial charge in [-0.2, -0.15) is 0 Å². The smallest absolute Gasteiger partial charge is 0.325 e. The molecule has 136 valence electrons. The van der Waals surface area contributed by atoms with Gasteiger partial charge in [0.25, 0.3) is 5.91 Å². The first-order valence-corrected chi connectivity index (χ1v) is 8.43. The Bertz CT molecular complexity index is 822. The van der Waals surface area contributed by atoms with Crippen LogP contribution >= 0.6 is 0 Å². The fourth-order valence-electron chi connectivity index (χ4n) is 3.06. The molecule has 0 bridgehead atoms. The number of carbonyl (C=O) groups excluding carboxylic acids is 2. The van der Waals surface area contributed by atoms with Gasteiger partial charge in [-0.15, -0.1) is 0 Å². The van der Waals surface area contributed by atoms with Gasteiger partial charge in [0.05, 0.1) is 13.7 Å². The van der Waals surface area contributed by atoms with Crippen LogP contribution in [0.2, 0.25) is 0 Å². The van der Waals surface area contributed by atoms with E-state index in [2.05, 4.69) is 5.32 Å². The topological polar surface area (TPSA) is 58.6 Å². The Hall–Kier alpha value is -2.89. The predicted octanol–water partition coefficient (Wildman–Crippen LogP) is 3.28. The molecule has 5 nitrogen and oxygen atoms in total. The van der Waals surface area contributed by atoms with E-state index in [0.29, 0.717) is 18.4 Å². The van der Waals surface area contributed by atoms with Gasteiger partial charge in [0.2, 0.25) is 0 Å². The van der Waals surface area contributed by atoms with Gasteiger partial charge in [0.1, 0.15) is 17.1 Å². The summed E-state index contributed by atoms with van der Waals surface area (Å²) in [6.07, 6.45) is 1.11. The first kappa shape index (κ1) is 17.9. The molecular formula is C20H21FN2O3. The highest BCUT2D eigenvalue weighted by molar-refractivity contribution is 6.06. The third-order valence-electron chi connectivity index (χ3n) is 4.65. The molecule has 0 aliphatic carbocycles. The number of rotatable bonds is 6. The molecule has 1 heterocycles. The molecule has 1 N–H and O–H groups in total. The van der Waals surface area contributed by atoms with E-state index in [9.17, 15) is 14.0 Å². The number of nitrogens with one attached hydrogen (secondary N) is 1. The van der Waals surface area contributed by atoms with Crippen LogP contribution in [0.25, 0.3) is 0 Å². The van der Waals surface area contributed by atoms with Gasteiger partial charge in [0.15, 0.2) is 0 Å². The molecule has 6 heteroatoms. The number of hydrogen-bond acceptors (Lipinski definition) is 3. The number of amides is 3. The Morgan fingerprint density at radius 2 is 1.85 bits per heavy atom. The van der Waals surface area contributed by atoms with E-state index < -0.39 is 17.4 Å². The van der Waals surface area contributed by atoms with Crippen LogP contribution in [0.15, 0.2) is 48.5 Å². The number of imide groups is 1. The number of nitrogens with zero attached hydrogens (tertiary/aromatic N) is 1. The predicted molar refractivity (Wildman–Crippen MR) is 95.2 cm³/mol. The van der Waals surface area contributed by atoms with Crippen molar-refractivity contribution in [2.75, 3.05) is 7.11 Å². The van der Waals surface area contributed by atoms with Crippen LogP contribution in [0.3, 0.4) is 0 Å². The molecule has 0 saturated carbocycles. The molecule has 0 radical (unpaired) electrons. The summed E-state index contributed by atoms with van der Waals surface area (Å²) in [6.45, 7) is 1.78. The first-order chi connectivity index (χ1) is 12.4. The van der Waals surface area contributed by atoms with Gasteiger partial charge in [-0.3, -0.25) is 9.69 Å². The maximum Gasteiger partial charge on any atom is 0.325 e. The lowest BCUT2D eigenvalue weighted by Gasteiger charge is -2.21. The lowest BCUT2D eigenvalue weighted by molar-refractivity contribution is -0.131. The van der Waals surface area contributed by atoms with Crippen molar-refractivity contribution in [3.8, 4) is 5.75 Å². The van der Waals surface area contributed by atoms with E-state index in [1.165, 1.54) is 12.1 Å². The van der Waals surface area contributed by atoms with Crippen molar-refractivity contribution in [3.05, 3.63) is 65.5 Å². The Morgan fingerprint density at radius 3 is 2.50 bits per heavy atom. The average molecular weight is 356 g/mol. The lowest BCUT2D eigenvalue weighted by Crippen LogP contribution is -2.44. The first-order valence-electron chi connectivity index (χ1n) is 8.43. The van der Waals surface area contributed by atoms with E-state index in [0.717, 1.165) is 16.2 Å². The average Bonchev–Trinajstić information content (AvgIpc) is 2.84. The molecule has 1 aliphatic heterocycles. The number of carbonyl (C=O) groups is 2.